The van der Waals surface area contributed by atoms with Crippen LogP contribution in [-0.4, -0.2) is 15.0 Å². The Kier molecular flexibility index (Phi) is 5.45. The summed E-state index contributed by atoms with van der Waals surface area (Å²) in [5, 5.41) is 0. The second kappa shape index (κ2) is 8.07. The molecule has 0 atom stereocenters. The summed E-state index contributed by atoms with van der Waals surface area (Å²) in [6, 6.07) is 17.2. The van der Waals surface area contributed by atoms with E-state index in [1.54, 1.807) is 0 Å². The first kappa shape index (κ1) is 20.9. The minimum atomic E-state index is 0.719. The summed E-state index contributed by atoms with van der Waals surface area (Å²) in [6.45, 7) is 14.8. The molecule has 1 heterocycles. The molecular weight excluding hydrogens is 378 g/mol. The van der Waals surface area contributed by atoms with Crippen molar-refractivity contribution in [3.05, 3.63) is 87.5 Å². The number of hydrogen-bond donors (Lipinski definition) is 0. The van der Waals surface area contributed by atoms with Crippen LogP contribution >= 0.6 is 0 Å². The highest BCUT2D eigenvalue weighted by Crippen LogP contribution is 2.31. The van der Waals surface area contributed by atoms with Gasteiger partial charge in [0.15, 0.2) is 17.5 Å². The largest absolute Gasteiger partial charge is 0.208 e. The summed E-state index contributed by atoms with van der Waals surface area (Å²) < 4.78 is 0. The predicted octanol–water partition coefficient (Wildman–Crippen LogP) is 7.03. The fourth-order valence-corrected chi connectivity index (χ4v) is 4.39. The fourth-order valence-electron chi connectivity index (χ4n) is 4.39. The smallest absolute Gasteiger partial charge is 0.164 e. The van der Waals surface area contributed by atoms with Crippen LogP contribution in [0, 0.1) is 48.5 Å². The number of nitrogens with zero attached hydrogens (tertiary/aromatic N) is 3. The van der Waals surface area contributed by atoms with Crippen molar-refractivity contribution in [3.8, 4) is 34.2 Å². The second-order valence-corrected chi connectivity index (χ2v) is 8.72. The molecule has 4 rings (SSSR count). The average Bonchev–Trinajstić information content (AvgIpc) is 2.67. The lowest BCUT2D eigenvalue weighted by molar-refractivity contribution is 1.06. The molecule has 3 nitrogen and oxygen atoms in total. The van der Waals surface area contributed by atoms with Gasteiger partial charge in [0.05, 0.1) is 0 Å². The zero-order chi connectivity index (χ0) is 22.3. The van der Waals surface area contributed by atoms with Gasteiger partial charge in [0.1, 0.15) is 0 Å². The molecule has 0 radical (unpaired) electrons. The summed E-state index contributed by atoms with van der Waals surface area (Å²) in [7, 11) is 0. The summed E-state index contributed by atoms with van der Waals surface area (Å²) in [5.41, 5.74) is 11.6. The Morgan fingerprint density at radius 2 is 0.806 bits per heavy atom. The van der Waals surface area contributed by atoms with Crippen molar-refractivity contribution >= 4 is 0 Å². The maximum absolute atomic E-state index is 4.97. The third kappa shape index (κ3) is 4.13. The van der Waals surface area contributed by atoms with Crippen LogP contribution in [0.4, 0.5) is 0 Å². The third-order valence-electron chi connectivity index (χ3n) is 5.78. The van der Waals surface area contributed by atoms with E-state index >= 15 is 0 Å². The van der Waals surface area contributed by atoms with Gasteiger partial charge in [0, 0.05) is 16.7 Å². The van der Waals surface area contributed by atoms with Crippen LogP contribution in [0.2, 0.25) is 0 Å². The highest BCUT2D eigenvalue weighted by atomic mass is 15.0. The first-order valence-electron chi connectivity index (χ1n) is 10.7. The van der Waals surface area contributed by atoms with E-state index in [-0.39, 0.29) is 0 Å². The van der Waals surface area contributed by atoms with Crippen molar-refractivity contribution in [2.45, 2.75) is 48.5 Å². The topological polar surface area (TPSA) is 38.7 Å². The third-order valence-corrected chi connectivity index (χ3v) is 5.78. The van der Waals surface area contributed by atoms with Crippen LogP contribution in [0.1, 0.15) is 38.9 Å². The van der Waals surface area contributed by atoms with E-state index in [9.17, 15) is 0 Å². The van der Waals surface area contributed by atoms with Crippen LogP contribution in [0.5, 0.6) is 0 Å². The molecule has 31 heavy (non-hydrogen) atoms. The van der Waals surface area contributed by atoms with Gasteiger partial charge in [-0.2, -0.15) is 0 Å². The molecule has 3 heteroatoms. The molecule has 0 aliphatic heterocycles. The molecule has 0 bridgehead atoms. The highest BCUT2D eigenvalue weighted by Gasteiger charge is 2.17. The molecule has 0 N–H and O–H groups in total. The molecule has 0 amide bonds. The van der Waals surface area contributed by atoms with Crippen molar-refractivity contribution in [1.29, 1.82) is 0 Å². The first-order chi connectivity index (χ1) is 14.7. The van der Waals surface area contributed by atoms with Crippen LogP contribution < -0.4 is 0 Å². The predicted molar refractivity (Wildman–Crippen MR) is 129 cm³/mol. The Bertz CT molecular complexity index is 1210. The molecular formula is C28H29N3. The SMILES string of the molecule is Cc1ccc(-c2nc(-c3ccc(C)cc3C)nc(-c3c(C)cc(C)cc3C)n2)c(C)c1. The number of rotatable bonds is 3. The van der Waals surface area contributed by atoms with Crippen LogP contribution in [-0.2, 0) is 0 Å². The van der Waals surface area contributed by atoms with Crippen molar-refractivity contribution < 1.29 is 0 Å². The van der Waals surface area contributed by atoms with Crippen LogP contribution in [0.15, 0.2) is 48.5 Å². The molecule has 0 saturated carbocycles. The van der Waals surface area contributed by atoms with E-state index in [0.29, 0.717) is 0 Å². The zero-order valence-electron chi connectivity index (χ0n) is 19.5. The van der Waals surface area contributed by atoms with E-state index in [4.69, 9.17) is 15.0 Å². The molecule has 0 unspecified atom stereocenters. The lowest BCUT2D eigenvalue weighted by Gasteiger charge is -2.14. The normalized spacial score (nSPS) is 11.1. The van der Waals surface area contributed by atoms with Gasteiger partial charge in [-0.05, 0) is 70.7 Å². The zero-order valence-corrected chi connectivity index (χ0v) is 19.5. The van der Waals surface area contributed by atoms with Crippen molar-refractivity contribution in [3.63, 3.8) is 0 Å². The number of aryl methyl sites for hydroxylation is 7. The van der Waals surface area contributed by atoms with E-state index in [1.807, 2.05) is 0 Å². The monoisotopic (exact) mass is 407 g/mol. The van der Waals surface area contributed by atoms with E-state index in [0.717, 1.165) is 34.2 Å². The van der Waals surface area contributed by atoms with Gasteiger partial charge < -0.3 is 0 Å². The Labute approximate surface area is 185 Å². The quantitative estimate of drug-likeness (QED) is 0.366. The average molecular weight is 408 g/mol. The molecule has 1 aromatic heterocycles. The van der Waals surface area contributed by atoms with E-state index in [1.165, 1.54) is 38.9 Å². The maximum Gasteiger partial charge on any atom is 0.164 e. The van der Waals surface area contributed by atoms with E-state index < -0.39 is 0 Å². The van der Waals surface area contributed by atoms with Crippen LogP contribution in [0.25, 0.3) is 34.2 Å². The van der Waals surface area contributed by atoms with Gasteiger partial charge in [0.2, 0.25) is 0 Å². The molecule has 156 valence electrons. The Balaban J connectivity index is 2.02. The van der Waals surface area contributed by atoms with Gasteiger partial charge in [-0.25, -0.2) is 15.0 Å². The van der Waals surface area contributed by atoms with Crippen LogP contribution in [0.3, 0.4) is 0 Å². The summed E-state index contributed by atoms with van der Waals surface area (Å²) in [5.74, 6) is 2.17. The molecule has 0 aliphatic rings. The minimum absolute atomic E-state index is 0.719. The highest BCUT2D eigenvalue weighted by molar-refractivity contribution is 5.72. The lowest BCUT2D eigenvalue weighted by atomic mass is 9.98. The fraction of sp³-hybridized carbons (Fsp3) is 0.250. The Morgan fingerprint density at radius 3 is 1.23 bits per heavy atom. The molecule has 0 saturated heterocycles. The minimum Gasteiger partial charge on any atom is -0.208 e. The number of aromatic nitrogens is 3. The lowest BCUT2D eigenvalue weighted by Crippen LogP contribution is -2.04. The summed E-state index contributed by atoms with van der Waals surface area (Å²) in [6.07, 6.45) is 0. The van der Waals surface area contributed by atoms with Crippen molar-refractivity contribution in [2.75, 3.05) is 0 Å². The second-order valence-electron chi connectivity index (χ2n) is 8.72. The van der Waals surface area contributed by atoms with Gasteiger partial charge in [-0.1, -0.05) is 65.2 Å². The molecule has 3 aromatic carbocycles. The number of hydrogen-bond acceptors (Lipinski definition) is 3. The standard InChI is InChI=1S/C28H29N3/c1-16-8-10-23(19(4)12-16)26-29-27(24-11-9-17(2)13-20(24)5)31-28(30-26)25-21(6)14-18(3)15-22(25)7/h8-15H,1-7H3. The molecule has 0 aliphatic carbocycles. The van der Waals surface area contributed by atoms with Gasteiger partial charge in [0.25, 0.3) is 0 Å². The van der Waals surface area contributed by atoms with Gasteiger partial charge >= 0.3 is 0 Å². The molecule has 4 aromatic rings. The van der Waals surface area contributed by atoms with Crippen molar-refractivity contribution in [2.24, 2.45) is 0 Å². The summed E-state index contributed by atoms with van der Waals surface area (Å²) in [4.78, 5) is 14.9. The Morgan fingerprint density at radius 1 is 0.419 bits per heavy atom. The van der Waals surface area contributed by atoms with E-state index in [2.05, 4.69) is 97.0 Å². The Hall–Kier alpha value is -3.33. The van der Waals surface area contributed by atoms with Gasteiger partial charge in [-0.15, -0.1) is 0 Å². The summed E-state index contributed by atoms with van der Waals surface area (Å²) >= 11 is 0. The molecule has 0 spiro atoms. The first-order valence-corrected chi connectivity index (χ1v) is 10.7. The molecule has 0 fully saturated rings. The number of benzene rings is 3. The van der Waals surface area contributed by atoms with Gasteiger partial charge in [-0.3, -0.25) is 0 Å². The van der Waals surface area contributed by atoms with Crippen molar-refractivity contribution in [1.82, 2.24) is 15.0 Å². The maximum atomic E-state index is 4.97.